The number of hydrogen-bond donors (Lipinski definition) is 2. The molecule has 28 heavy (non-hydrogen) atoms. The zero-order valence-corrected chi connectivity index (χ0v) is 16.3. The molecule has 0 saturated carbocycles. The van der Waals surface area contributed by atoms with Crippen LogP contribution < -0.4 is 14.8 Å². The minimum Gasteiger partial charge on any atom is -0.495 e. The Balaban J connectivity index is 1.88. The molecule has 0 aliphatic rings. The van der Waals surface area contributed by atoms with Gasteiger partial charge in [-0.25, -0.2) is 8.42 Å². The molecule has 0 radical (unpaired) electrons. The third kappa shape index (κ3) is 4.32. The van der Waals surface area contributed by atoms with E-state index in [-0.39, 0.29) is 10.8 Å². The van der Waals surface area contributed by atoms with Crippen LogP contribution in [0.15, 0.2) is 77.7 Å². The highest BCUT2D eigenvalue weighted by Gasteiger charge is 2.18. The van der Waals surface area contributed by atoms with E-state index in [1.54, 1.807) is 61.5 Å². The number of carbonyl (C=O) groups is 1. The summed E-state index contributed by atoms with van der Waals surface area (Å²) in [6, 6.07) is 20.0. The molecule has 6 nitrogen and oxygen atoms in total. The third-order valence-electron chi connectivity index (χ3n) is 4.15. The standard InChI is InChI=1S/C21H20N2O4S/c1-15-12-13-17(14-19(15)22-21(24)16-8-4-3-5-9-16)28(25,26)23-18-10-6-7-11-20(18)27-2/h3-14,23H,1-2H3,(H,22,24). The molecule has 0 spiro atoms. The van der Waals surface area contributed by atoms with E-state index in [4.69, 9.17) is 4.74 Å². The van der Waals surface area contributed by atoms with Crippen LogP contribution in [0, 0.1) is 6.92 Å². The maximum atomic E-state index is 12.8. The highest BCUT2D eigenvalue weighted by Crippen LogP contribution is 2.27. The average Bonchev–Trinajstić information content (AvgIpc) is 2.70. The quantitative estimate of drug-likeness (QED) is 0.658. The summed E-state index contributed by atoms with van der Waals surface area (Å²) in [5.41, 5.74) is 2.00. The minimum atomic E-state index is -3.87. The molecule has 0 unspecified atom stereocenters. The van der Waals surface area contributed by atoms with Gasteiger partial charge in [-0.3, -0.25) is 9.52 Å². The number of aryl methyl sites for hydroxylation is 1. The zero-order valence-electron chi connectivity index (χ0n) is 15.5. The Labute approximate surface area is 164 Å². The third-order valence-corrected chi connectivity index (χ3v) is 5.52. The van der Waals surface area contributed by atoms with Crippen molar-refractivity contribution in [2.75, 3.05) is 17.1 Å². The van der Waals surface area contributed by atoms with Crippen molar-refractivity contribution < 1.29 is 17.9 Å². The van der Waals surface area contributed by atoms with Crippen LogP contribution >= 0.6 is 0 Å². The molecule has 0 aromatic heterocycles. The molecule has 1 amide bonds. The fourth-order valence-corrected chi connectivity index (χ4v) is 3.72. The number of benzene rings is 3. The number of anilines is 2. The zero-order chi connectivity index (χ0) is 20.1. The molecule has 3 aromatic rings. The van der Waals surface area contributed by atoms with Crippen LogP contribution in [-0.4, -0.2) is 21.4 Å². The van der Waals surface area contributed by atoms with E-state index in [2.05, 4.69) is 10.0 Å². The number of hydrogen-bond acceptors (Lipinski definition) is 4. The SMILES string of the molecule is COc1ccccc1NS(=O)(=O)c1ccc(C)c(NC(=O)c2ccccc2)c1. The van der Waals surface area contributed by atoms with Gasteiger partial charge in [0, 0.05) is 11.3 Å². The normalized spacial score (nSPS) is 10.9. The van der Waals surface area contributed by atoms with Crippen molar-refractivity contribution in [1.29, 1.82) is 0 Å². The summed E-state index contributed by atoms with van der Waals surface area (Å²) in [6.45, 7) is 1.80. The van der Waals surface area contributed by atoms with Crippen LogP contribution in [-0.2, 0) is 10.0 Å². The molecule has 0 aliphatic heterocycles. The minimum absolute atomic E-state index is 0.0346. The Morgan fingerprint density at radius 2 is 1.57 bits per heavy atom. The largest absolute Gasteiger partial charge is 0.495 e. The molecule has 3 rings (SSSR count). The molecule has 0 atom stereocenters. The van der Waals surface area contributed by atoms with Crippen molar-refractivity contribution >= 4 is 27.3 Å². The lowest BCUT2D eigenvalue weighted by Crippen LogP contribution is -2.16. The smallest absolute Gasteiger partial charge is 0.262 e. The fourth-order valence-electron chi connectivity index (χ4n) is 2.62. The van der Waals surface area contributed by atoms with Gasteiger partial charge in [-0.15, -0.1) is 0 Å². The van der Waals surface area contributed by atoms with Crippen molar-refractivity contribution in [3.05, 3.63) is 83.9 Å². The van der Waals surface area contributed by atoms with E-state index < -0.39 is 10.0 Å². The molecule has 0 aliphatic carbocycles. The van der Waals surface area contributed by atoms with Gasteiger partial charge >= 0.3 is 0 Å². The van der Waals surface area contributed by atoms with Gasteiger partial charge in [0.1, 0.15) is 5.75 Å². The Kier molecular flexibility index (Phi) is 5.65. The number of sulfonamides is 1. The van der Waals surface area contributed by atoms with E-state index in [9.17, 15) is 13.2 Å². The maximum absolute atomic E-state index is 12.8. The molecule has 0 heterocycles. The summed E-state index contributed by atoms with van der Waals surface area (Å²) < 4.78 is 33.3. The van der Waals surface area contributed by atoms with Gasteiger partial charge < -0.3 is 10.1 Å². The number of ether oxygens (including phenoxy) is 1. The molecule has 0 bridgehead atoms. The summed E-state index contributed by atoms with van der Waals surface area (Å²) in [4.78, 5) is 12.4. The van der Waals surface area contributed by atoms with Crippen molar-refractivity contribution in [2.24, 2.45) is 0 Å². The van der Waals surface area contributed by atoms with Crippen LogP contribution in [0.4, 0.5) is 11.4 Å². The van der Waals surface area contributed by atoms with Crippen LogP contribution in [0.25, 0.3) is 0 Å². The second-order valence-corrected chi connectivity index (χ2v) is 7.79. The molecule has 0 fully saturated rings. The van der Waals surface area contributed by atoms with E-state index >= 15 is 0 Å². The highest BCUT2D eigenvalue weighted by atomic mass is 32.2. The van der Waals surface area contributed by atoms with E-state index in [0.717, 1.165) is 5.56 Å². The summed E-state index contributed by atoms with van der Waals surface area (Å²) in [5, 5.41) is 2.77. The fraction of sp³-hybridized carbons (Fsp3) is 0.0952. The van der Waals surface area contributed by atoms with Crippen molar-refractivity contribution in [3.63, 3.8) is 0 Å². The van der Waals surface area contributed by atoms with E-state index in [1.807, 2.05) is 6.07 Å². The number of para-hydroxylation sites is 2. The Morgan fingerprint density at radius 1 is 0.893 bits per heavy atom. The Bertz CT molecular complexity index is 1100. The predicted octanol–water partition coefficient (Wildman–Crippen LogP) is 4.06. The second-order valence-electron chi connectivity index (χ2n) is 6.10. The summed E-state index contributed by atoms with van der Waals surface area (Å²) in [7, 11) is -2.40. The van der Waals surface area contributed by atoms with Crippen LogP contribution in [0.3, 0.4) is 0 Å². The van der Waals surface area contributed by atoms with Gasteiger partial charge in [-0.1, -0.05) is 36.4 Å². The maximum Gasteiger partial charge on any atom is 0.262 e. The topological polar surface area (TPSA) is 84.5 Å². The van der Waals surface area contributed by atoms with E-state index in [1.165, 1.54) is 19.2 Å². The van der Waals surface area contributed by atoms with E-state index in [0.29, 0.717) is 22.7 Å². The average molecular weight is 396 g/mol. The molecule has 2 N–H and O–H groups in total. The van der Waals surface area contributed by atoms with Crippen molar-refractivity contribution in [1.82, 2.24) is 0 Å². The highest BCUT2D eigenvalue weighted by molar-refractivity contribution is 7.92. The van der Waals surface area contributed by atoms with Crippen LogP contribution in [0.2, 0.25) is 0 Å². The van der Waals surface area contributed by atoms with Gasteiger partial charge in [-0.05, 0) is 48.9 Å². The number of methoxy groups -OCH3 is 1. The molecular formula is C21H20N2O4S. The lowest BCUT2D eigenvalue weighted by molar-refractivity contribution is 0.102. The van der Waals surface area contributed by atoms with Gasteiger partial charge in [0.15, 0.2) is 0 Å². The molecule has 0 saturated heterocycles. The number of rotatable bonds is 6. The molecular weight excluding hydrogens is 376 g/mol. The van der Waals surface area contributed by atoms with Gasteiger partial charge in [-0.2, -0.15) is 0 Å². The second kappa shape index (κ2) is 8.14. The summed E-state index contributed by atoms with van der Waals surface area (Å²) in [5.74, 6) is 0.103. The first-order valence-electron chi connectivity index (χ1n) is 8.53. The molecule has 3 aromatic carbocycles. The first kappa shape index (κ1) is 19.4. The summed E-state index contributed by atoms with van der Waals surface area (Å²) in [6.07, 6.45) is 0. The Hall–Kier alpha value is -3.32. The molecule has 144 valence electrons. The van der Waals surface area contributed by atoms with Gasteiger partial charge in [0.05, 0.1) is 17.7 Å². The Morgan fingerprint density at radius 3 is 2.29 bits per heavy atom. The molecule has 7 heteroatoms. The van der Waals surface area contributed by atoms with Crippen molar-refractivity contribution in [3.8, 4) is 5.75 Å². The monoisotopic (exact) mass is 396 g/mol. The lowest BCUT2D eigenvalue weighted by atomic mass is 10.1. The number of amides is 1. The first-order valence-corrected chi connectivity index (χ1v) is 10.0. The van der Waals surface area contributed by atoms with Crippen LogP contribution in [0.1, 0.15) is 15.9 Å². The number of carbonyl (C=O) groups excluding carboxylic acids is 1. The predicted molar refractivity (Wildman–Crippen MR) is 109 cm³/mol. The number of nitrogens with one attached hydrogen (secondary N) is 2. The van der Waals surface area contributed by atoms with Gasteiger partial charge in [0.25, 0.3) is 15.9 Å². The summed E-state index contributed by atoms with van der Waals surface area (Å²) >= 11 is 0. The van der Waals surface area contributed by atoms with Crippen LogP contribution in [0.5, 0.6) is 5.75 Å². The first-order chi connectivity index (χ1) is 13.4. The van der Waals surface area contributed by atoms with Crippen molar-refractivity contribution in [2.45, 2.75) is 11.8 Å². The lowest BCUT2D eigenvalue weighted by Gasteiger charge is -2.14. The van der Waals surface area contributed by atoms with Gasteiger partial charge in [0.2, 0.25) is 0 Å².